The number of aliphatic hydroxyl groups is 2. The fraction of sp³-hybridized carbons (Fsp3) is 0.290. The third-order valence-electron chi connectivity index (χ3n) is 15.2. The maximum atomic E-state index is 14.7. The molecule has 0 bridgehead atoms. The lowest BCUT2D eigenvalue weighted by Crippen LogP contribution is -2.51. The number of aromatic amines is 1. The highest BCUT2D eigenvalue weighted by Gasteiger charge is 2.58. The molecule has 6 heterocycles. The van der Waals surface area contributed by atoms with Gasteiger partial charge in [-0.2, -0.15) is 26.3 Å². The normalized spacial score (nSPS) is 14.9. The SMILES string of the molecule is CC(C)(CC(O)(Cc1cc2cc(-c3cccnc3)ccc2[nH]1)C(F)(F)F)c1cc(F)cc2c1OCC2.CC(C)(CC(O)(Cc1cc2cc(Br)ccc2n1S(=O)(=O)c1ccccc1)C(F)(F)F)c1cc(F)cc2c1OCC2.OB(O)c1cccnc1. The topological polar surface area (TPSA) is 180 Å². The number of halogens is 9. The van der Waals surface area contributed by atoms with E-state index < -0.39 is 88.8 Å². The summed E-state index contributed by atoms with van der Waals surface area (Å²) >= 11 is 3.32. The van der Waals surface area contributed by atoms with E-state index in [4.69, 9.17) is 19.5 Å². The van der Waals surface area contributed by atoms with Gasteiger partial charge in [0.2, 0.25) is 0 Å². The van der Waals surface area contributed by atoms with Crippen molar-refractivity contribution in [3.05, 3.63) is 202 Å². The molecular formula is C62H58BBrF8N4O8S. The molecule has 5 aromatic carbocycles. The molecular weight excluding hydrogens is 1200 g/mol. The lowest BCUT2D eigenvalue weighted by Gasteiger charge is -2.38. The molecule has 9 aromatic rings. The van der Waals surface area contributed by atoms with Gasteiger partial charge in [-0.1, -0.05) is 80.0 Å². The van der Waals surface area contributed by atoms with E-state index in [1.807, 2.05) is 24.3 Å². The van der Waals surface area contributed by atoms with E-state index in [9.17, 15) is 53.8 Å². The molecule has 85 heavy (non-hydrogen) atoms. The van der Waals surface area contributed by atoms with Crippen LogP contribution in [0.5, 0.6) is 11.5 Å². The Morgan fingerprint density at radius 1 is 0.635 bits per heavy atom. The Labute approximate surface area is 493 Å². The highest BCUT2D eigenvalue weighted by molar-refractivity contribution is 9.10. The number of hydrogen-bond acceptors (Lipinski definition) is 10. The number of fused-ring (bicyclic) bond motifs is 4. The van der Waals surface area contributed by atoms with Crippen LogP contribution in [0.2, 0.25) is 0 Å². The van der Waals surface area contributed by atoms with Gasteiger partial charge in [-0.25, -0.2) is 21.2 Å². The van der Waals surface area contributed by atoms with Gasteiger partial charge >= 0.3 is 19.5 Å². The van der Waals surface area contributed by atoms with Crippen molar-refractivity contribution in [2.24, 2.45) is 0 Å². The van der Waals surface area contributed by atoms with Crippen LogP contribution < -0.4 is 14.9 Å². The number of hydrogen-bond donors (Lipinski definition) is 5. The van der Waals surface area contributed by atoms with E-state index in [1.165, 1.54) is 74.6 Å². The van der Waals surface area contributed by atoms with Crippen LogP contribution in [-0.2, 0) is 46.5 Å². The van der Waals surface area contributed by atoms with Crippen LogP contribution in [0.25, 0.3) is 32.9 Å². The number of nitrogens with one attached hydrogen (secondary N) is 1. The highest BCUT2D eigenvalue weighted by atomic mass is 79.9. The van der Waals surface area contributed by atoms with Crippen LogP contribution in [0.4, 0.5) is 35.1 Å². The maximum Gasteiger partial charge on any atom is 0.490 e. The Hall–Kier alpha value is -7.15. The number of aromatic nitrogens is 4. The van der Waals surface area contributed by atoms with E-state index >= 15 is 0 Å². The maximum absolute atomic E-state index is 14.7. The zero-order valence-electron chi connectivity index (χ0n) is 46.2. The minimum atomic E-state index is -5.15. The second-order valence-electron chi connectivity index (χ2n) is 22.5. The Morgan fingerprint density at radius 3 is 1.72 bits per heavy atom. The lowest BCUT2D eigenvalue weighted by molar-refractivity contribution is -0.266. The molecule has 2 atom stereocenters. The molecule has 0 fully saturated rings. The van der Waals surface area contributed by atoms with Crippen molar-refractivity contribution in [2.45, 2.75) is 106 Å². The van der Waals surface area contributed by atoms with Crippen LogP contribution in [0.15, 0.2) is 162 Å². The molecule has 23 heteroatoms. The third kappa shape index (κ3) is 13.5. The molecule has 2 unspecified atom stereocenters. The Bertz CT molecular complexity index is 3980. The highest BCUT2D eigenvalue weighted by Crippen LogP contribution is 2.49. The molecule has 2 aliphatic rings. The summed E-state index contributed by atoms with van der Waals surface area (Å²) in [6.07, 6.45) is -6.06. The summed E-state index contributed by atoms with van der Waals surface area (Å²) < 4.78 is 156. The average molecular weight is 1260 g/mol. The predicted octanol–water partition coefficient (Wildman–Crippen LogP) is 12.2. The number of rotatable bonds is 14. The second kappa shape index (κ2) is 24.0. The van der Waals surface area contributed by atoms with Crippen LogP contribution >= 0.6 is 15.9 Å². The largest absolute Gasteiger partial charge is 0.493 e. The van der Waals surface area contributed by atoms with Gasteiger partial charge in [0, 0.05) is 116 Å². The quantitative estimate of drug-likeness (QED) is 0.0519. The van der Waals surface area contributed by atoms with Crippen molar-refractivity contribution in [2.75, 3.05) is 13.2 Å². The third-order valence-corrected chi connectivity index (χ3v) is 17.4. The molecule has 12 nitrogen and oxygen atoms in total. The van der Waals surface area contributed by atoms with E-state index in [-0.39, 0.29) is 34.0 Å². The molecule has 0 saturated heterocycles. The Balaban J connectivity index is 0.000000178. The summed E-state index contributed by atoms with van der Waals surface area (Å²) in [5.74, 6) is -0.401. The van der Waals surface area contributed by atoms with Crippen molar-refractivity contribution in [3.63, 3.8) is 0 Å². The first kappa shape index (κ1) is 62.4. The smallest absolute Gasteiger partial charge is 0.490 e. The fourth-order valence-electron chi connectivity index (χ4n) is 11.2. The van der Waals surface area contributed by atoms with Crippen molar-refractivity contribution < 1.29 is 73.3 Å². The van der Waals surface area contributed by atoms with Crippen molar-refractivity contribution >= 4 is 60.3 Å². The van der Waals surface area contributed by atoms with Crippen molar-refractivity contribution in [1.29, 1.82) is 0 Å². The van der Waals surface area contributed by atoms with E-state index in [2.05, 4.69) is 30.9 Å². The zero-order chi connectivity index (χ0) is 61.5. The summed E-state index contributed by atoms with van der Waals surface area (Å²) in [5, 5.41) is 40.7. The average Bonchev–Trinajstić information content (AvgIpc) is 2.50. The van der Waals surface area contributed by atoms with Crippen molar-refractivity contribution in [3.8, 4) is 22.6 Å². The standard InChI is InChI=1S/C29H26BrF4NO4S.C28H26F4N2O2.C5H6BNO2/c1-27(2,24-15-21(31)13-18-10-11-39-26(18)24)17-28(36,29(32,33)34)16-22-14-19-12-20(30)8-9-25(19)35(22)40(37,38)23-6-4-3-5-7-23;1-26(2,23-13-21(29)11-18-7-9-36-25(18)23)16-27(35,28(30,31)32)14-22-12-20-10-17(5-6-24(20)34-22)19-4-3-8-33-15-19;8-6(9)5-2-1-3-7-4-5/h3-9,12-15,36H,10-11,16-17H2,1-2H3;3-6,8,10-13,15,34-35H,7,9,14,16H2,1-2H3;1-4,8-9H. The molecule has 2 aliphatic heterocycles. The molecule has 11 rings (SSSR count). The number of ether oxygens (including phenoxy) is 2. The molecule has 0 spiro atoms. The van der Waals surface area contributed by atoms with Gasteiger partial charge in [0.15, 0.2) is 11.2 Å². The number of alkyl halides is 6. The van der Waals surface area contributed by atoms with E-state index in [0.717, 1.165) is 26.6 Å². The molecule has 0 amide bonds. The van der Waals surface area contributed by atoms with Crippen LogP contribution in [0.1, 0.15) is 74.2 Å². The summed E-state index contributed by atoms with van der Waals surface area (Å²) in [7, 11) is -5.74. The monoisotopic (exact) mass is 1260 g/mol. The van der Waals surface area contributed by atoms with Gasteiger partial charge in [0.25, 0.3) is 10.0 Å². The van der Waals surface area contributed by atoms with E-state index in [0.29, 0.717) is 68.5 Å². The van der Waals surface area contributed by atoms with Gasteiger partial charge in [0.05, 0.1) is 23.6 Å². The molecule has 446 valence electrons. The first-order chi connectivity index (χ1) is 39.9. The molecule has 0 radical (unpaired) electrons. The summed E-state index contributed by atoms with van der Waals surface area (Å²) in [6.45, 7) is 6.74. The number of benzene rings is 5. The fourth-order valence-corrected chi connectivity index (χ4v) is 13.1. The Kier molecular flexibility index (Phi) is 17.6. The minimum Gasteiger partial charge on any atom is -0.493 e. The summed E-state index contributed by atoms with van der Waals surface area (Å²) in [6, 6.07) is 32.5. The number of nitrogens with zero attached hydrogens (tertiary/aromatic N) is 3. The van der Waals surface area contributed by atoms with Gasteiger partial charge in [0.1, 0.15) is 23.1 Å². The van der Waals surface area contributed by atoms with Crippen molar-refractivity contribution in [1.82, 2.24) is 18.9 Å². The first-order valence-corrected chi connectivity index (χ1v) is 29.0. The van der Waals surface area contributed by atoms with Crippen LogP contribution in [-0.4, -0.2) is 91.5 Å². The molecule has 0 saturated carbocycles. The number of H-pyrrole nitrogens is 1. The zero-order valence-corrected chi connectivity index (χ0v) is 48.6. The number of pyridine rings is 2. The Morgan fingerprint density at radius 2 is 1.20 bits per heavy atom. The molecule has 0 aliphatic carbocycles. The predicted molar refractivity (Wildman–Crippen MR) is 310 cm³/mol. The first-order valence-electron chi connectivity index (χ1n) is 26.8. The summed E-state index contributed by atoms with van der Waals surface area (Å²) in [5.41, 5.74) is -4.29. The molecule has 4 aromatic heterocycles. The van der Waals surface area contributed by atoms with Crippen LogP contribution in [0.3, 0.4) is 0 Å². The molecule has 5 N–H and O–H groups in total. The van der Waals surface area contributed by atoms with Gasteiger partial charge in [-0.05, 0) is 120 Å². The van der Waals surface area contributed by atoms with Gasteiger partial charge in [-0.3, -0.25) is 9.97 Å². The van der Waals surface area contributed by atoms with Gasteiger partial charge < -0.3 is 34.7 Å². The van der Waals surface area contributed by atoms with Crippen LogP contribution in [0, 0.1) is 11.6 Å². The lowest BCUT2D eigenvalue weighted by atomic mass is 9.72. The van der Waals surface area contributed by atoms with E-state index in [1.54, 1.807) is 74.9 Å². The van der Waals surface area contributed by atoms with Gasteiger partial charge in [-0.15, -0.1) is 0 Å². The summed E-state index contributed by atoms with van der Waals surface area (Å²) in [4.78, 5) is 10.7. The minimum absolute atomic E-state index is 0.111. The second-order valence-corrected chi connectivity index (χ2v) is 25.2.